The van der Waals surface area contributed by atoms with Gasteiger partial charge in [0.2, 0.25) is 0 Å². The van der Waals surface area contributed by atoms with Gasteiger partial charge < -0.3 is 10.6 Å². The fraction of sp³-hybridized carbons (Fsp3) is 0.533. The molecular formula is C15H22N2O. The molecule has 0 saturated heterocycles. The van der Waals surface area contributed by atoms with Crippen LogP contribution in [0.4, 0.5) is 5.69 Å². The Bertz CT molecular complexity index is 442. The molecule has 2 rings (SSSR count). The summed E-state index contributed by atoms with van der Waals surface area (Å²) in [6, 6.07) is 6.31. The van der Waals surface area contributed by atoms with Crippen molar-refractivity contribution in [3.63, 3.8) is 0 Å². The molecule has 0 radical (unpaired) electrons. The van der Waals surface area contributed by atoms with Crippen molar-refractivity contribution >= 4 is 11.6 Å². The Morgan fingerprint density at radius 3 is 2.89 bits per heavy atom. The van der Waals surface area contributed by atoms with Crippen molar-refractivity contribution in [3.8, 4) is 0 Å². The Hall–Kier alpha value is -1.51. The number of benzene rings is 1. The second kappa shape index (κ2) is 5.42. The third-order valence-electron chi connectivity index (χ3n) is 3.59. The number of nitrogens with one attached hydrogen (secondary N) is 2. The van der Waals surface area contributed by atoms with E-state index >= 15 is 0 Å². The average Bonchev–Trinajstić information content (AvgIpc) is 3.07. The van der Waals surface area contributed by atoms with E-state index in [-0.39, 0.29) is 5.91 Å². The van der Waals surface area contributed by atoms with Crippen LogP contribution in [0.15, 0.2) is 18.2 Å². The summed E-state index contributed by atoms with van der Waals surface area (Å²) in [5, 5.41) is 6.20. The maximum Gasteiger partial charge on any atom is 0.253 e. The van der Waals surface area contributed by atoms with Gasteiger partial charge >= 0.3 is 0 Å². The Kier molecular flexibility index (Phi) is 3.90. The standard InChI is InChI=1S/C15H22N2O/c1-4-5-11-9-14(11)17-15(18)12-8-10(2)6-7-13(12)16-3/h6-8,11,14,16H,4-5,9H2,1-3H3,(H,17,18). The Balaban J connectivity index is 2.03. The van der Waals surface area contributed by atoms with Crippen molar-refractivity contribution in [2.45, 2.75) is 39.2 Å². The van der Waals surface area contributed by atoms with Gasteiger partial charge in [-0.25, -0.2) is 0 Å². The molecule has 1 saturated carbocycles. The molecule has 1 amide bonds. The minimum absolute atomic E-state index is 0.0478. The van der Waals surface area contributed by atoms with E-state index in [2.05, 4.69) is 17.6 Å². The molecular weight excluding hydrogens is 224 g/mol. The van der Waals surface area contributed by atoms with Gasteiger partial charge in [0.15, 0.2) is 0 Å². The van der Waals surface area contributed by atoms with Crippen molar-refractivity contribution in [2.75, 3.05) is 12.4 Å². The number of anilines is 1. The van der Waals surface area contributed by atoms with Gasteiger partial charge in [0.05, 0.1) is 5.56 Å². The first kappa shape index (κ1) is 12.9. The molecule has 1 fully saturated rings. The number of carbonyl (C=O) groups excluding carboxylic acids is 1. The van der Waals surface area contributed by atoms with Crippen molar-refractivity contribution in [1.82, 2.24) is 5.32 Å². The van der Waals surface area contributed by atoms with Gasteiger partial charge in [0.25, 0.3) is 5.91 Å². The highest BCUT2D eigenvalue weighted by atomic mass is 16.1. The highest BCUT2D eigenvalue weighted by molar-refractivity contribution is 6.00. The molecule has 0 aliphatic heterocycles. The quantitative estimate of drug-likeness (QED) is 0.838. The topological polar surface area (TPSA) is 41.1 Å². The van der Waals surface area contributed by atoms with Gasteiger partial charge in [-0.1, -0.05) is 25.0 Å². The summed E-state index contributed by atoms with van der Waals surface area (Å²) in [4.78, 5) is 12.2. The summed E-state index contributed by atoms with van der Waals surface area (Å²) in [5.74, 6) is 0.744. The van der Waals surface area contributed by atoms with Crippen LogP contribution >= 0.6 is 0 Å². The largest absolute Gasteiger partial charge is 0.387 e. The number of hydrogen-bond donors (Lipinski definition) is 2. The zero-order chi connectivity index (χ0) is 13.1. The van der Waals surface area contributed by atoms with Crippen LogP contribution in [0.1, 0.15) is 42.1 Å². The molecule has 0 bridgehead atoms. The van der Waals surface area contributed by atoms with Crippen molar-refractivity contribution in [1.29, 1.82) is 0 Å². The summed E-state index contributed by atoms with van der Waals surface area (Å²) in [5.41, 5.74) is 2.76. The lowest BCUT2D eigenvalue weighted by Crippen LogP contribution is -2.27. The third kappa shape index (κ3) is 2.84. The lowest BCUT2D eigenvalue weighted by atomic mass is 10.1. The molecule has 1 aliphatic rings. The molecule has 1 aromatic rings. The first-order valence-electron chi connectivity index (χ1n) is 6.75. The molecule has 3 nitrogen and oxygen atoms in total. The van der Waals surface area contributed by atoms with Crippen molar-refractivity contribution in [2.24, 2.45) is 5.92 Å². The lowest BCUT2D eigenvalue weighted by Gasteiger charge is -2.10. The molecule has 98 valence electrons. The van der Waals surface area contributed by atoms with Gasteiger partial charge in [-0.05, 0) is 37.8 Å². The van der Waals surface area contributed by atoms with Crippen LogP contribution in [0.25, 0.3) is 0 Å². The maximum absolute atomic E-state index is 12.2. The van der Waals surface area contributed by atoms with Crippen LogP contribution in [0, 0.1) is 12.8 Å². The monoisotopic (exact) mass is 246 g/mol. The van der Waals surface area contributed by atoms with Crippen LogP contribution in [0.5, 0.6) is 0 Å². The van der Waals surface area contributed by atoms with E-state index in [1.54, 1.807) is 0 Å². The van der Waals surface area contributed by atoms with Crippen LogP contribution < -0.4 is 10.6 Å². The smallest absolute Gasteiger partial charge is 0.253 e. The van der Waals surface area contributed by atoms with Crippen molar-refractivity contribution < 1.29 is 4.79 Å². The lowest BCUT2D eigenvalue weighted by molar-refractivity contribution is 0.0949. The molecule has 2 unspecified atom stereocenters. The molecule has 18 heavy (non-hydrogen) atoms. The zero-order valence-corrected chi connectivity index (χ0v) is 11.4. The maximum atomic E-state index is 12.2. The molecule has 2 atom stereocenters. The molecule has 3 heteroatoms. The minimum atomic E-state index is 0.0478. The summed E-state index contributed by atoms with van der Waals surface area (Å²) in [7, 11) is 1.85. The number of carbonyl (C=O) groups is 1. The highest BCUT2D eigenvalue weighted by Gasteiger charge is 2.37. The Labute approximate surface area is 109 Å². The average molecular weight is 246 g/mol. The number of aryl methyl sites for hydroxylation is 1. The van der Waals surface area contributed by atoms with E-state index < -0.39 is 0 Å². The van der Waals surface area contributed by atoms with E-state index in [4.69, 9.17) is 0 Å². The third-order valence-corrected chi connectivity index (χ3v) is 3.59. The van der Waals surface area contributed by atoms with Crippen molar-refractivity contribution in [3.05, 3.63) is 29.3 Å². The van der Waals surface area contributed by atoms with E-state index in [1.165, 1.54) is 12.8 Å². The number of rotatable bonds is 5. The number of hydrogen-bond acceptors (Lipinski definition) is 2. The summed E-state index contributed by atoms with van der Waals surface area (Å²) in [6.07, 6.45) is 3.56. The van der Waals surface area contributed by atoms with Crippen LogP contribution in [-0.2, 0) is 0 Å². The normalized spacial score (nSPS) is 21.5. The van der Waals surface area contributed by atoms with E-state index in [0.29, 0.717) is 12.0 Å². The number of amides is 1. The predicted molar refractivity (Wildman–Crippen MR) is 75.0 cm³/mol. The molecule has 1 aromatic carbocycles. The SMILES string of the molecule is CCCC1CC1NC(=O)c1cc(C)ccc1NC. The van der Waals surface area contributed by atoms with Gasteiger partial charge in [0.1, 0.15) is 0 Å². The Morgan fingerprint density at radius 2 is 2.22 bits per heavy atom. The minimum Gasteiger partial charge on any atom is -0.387 e. The molecule has 1 aliphatic carbocycles. The van der Waals surface area contributed by atoms with Gasteiger partial charge in [-0.2, -0.15) is 0 Å². The summed E-state index contributed by atoms with van der Waals surface area (Å²) >= 11 is 0. The second-order valence-corrected chi connectivity index (χ2v) is 5.16. The van der Waals surface area contributed by atoms with E-state index in [1.807, 2.05) is 32.2 Å². The van der Waals surface area contributed by atoms with Gasteiger partial charge in [-0.3, -0.25) is 4.79 Å². The molecule has 0 aromatic heterocycles. The highest BCUT2D eigenvalue weighted by Crippen LogP contribution is 2.35. The summed E-state index contributed by atoms with van der Waals surface area (Å²) < 4.78 is 0. The van der Waals surface area contributed by atoms with E-state index in [0.717, 1.165) is 23.2 Å². The predicted octanol–water partition coefficient (Wildman–Crippen LogP) is 2.96. The van der Waals surface area contributed by atoms with E-state index in [9.17, 15) is 4.79 Å². The van der Waals surface area contributed by atoms with Gasteiger partial charge in [-0.15, -0.1) is 0 Å². The summed E-state index contributed by atoms with van der Waals surface area (Å²) in [6.45, 7) is 4.20. The van der Waals surface area contributed by atoms with Crippen LogP contribution in [0.2, 0.25) is 0 Å². The fourth-order valence-electron chi connectivity index (χ4n) is 2.42. The molecule has 0 spiro atoms. The molecule has 0 heterocycles. The first-order valence-corrected chi connectivity index (χ1v) is 6.75. The van der Waals surface area contributed by atoms with Crippen LogP contribution in [-0.4, -0.2) is 19.0 Å². The zero-order valence-electron chi connectivity index (χ0n) is 11.4. The Morgan fingerprint density at radius 1 is 1.44 bits per heavy atom. The fourth-order valence-corrected chi connectivity index (χ4v) is 2.42. The second-order valence-electron chi connectivity index (χ2n) is 5.16. The van der Waals surface area contributed by atoms with Gasteiger partial charge in [0, 0.05) is 18.8 Å². The first-order chi connectivity index (χ1) is 8.65. The molecule has 2 N–H and O–H groups in total. The van der Waals surface area contributed by atoms with Crippen LogP contribution in [0.3, 0.4) is 0 Å².